The minimum Gasteiger partial charge on any atom is -0.326 e. The highest BCUT2D eigenvalue weighted by atomic mass is 32.2. The van der Waals surface area contributed by atoms with Gasteiger partial charge in [0.2, 0.25) is 15.9 Å². The summed E-state index contributed by atoms with van der Waals surface area (Å²) in [5, 5.41) is 2.84. The van der Waals surface area contributed by atoms with E-state index in [2.05, 4.69) is 28.8 Å². The molecule has 0 saturated heterocycles. The predicted octanol–water partition coefficient (Wildman–Crippen LogP) is 2.59. The van der Waals surface area contributed by atoms with Crippen LogP contribution in [0, 0.1) is 5.92 Å². The molecule has 0 heterocycles. The van der Waals surface area contributed by atoms with Crippen molar-refractivity contribution in [3.05, 3.63) is 54.6 Å². The molecule has 0 aromatic heterocycles. The maximum atomic E-state index is 11.9. The highest BCUT2D eigenvalue weighted by Crippen LogP contribution is 2.21. The summed E-state index contributed by atoms with van der Waals surface area (Å²) in [7, 11) is -3.36. The third-order valence-electron chi connectivity index (χ3n) is 3.60. The first kappa shape index (κ1) is 17.4. The number of rotatable bonds is 8. The second-order valence-electron chi connectivity index (χ2n) is 5.61. The van der Waals surface area contributed by atoms with Crippen molar-refractivity contribution in [1.82, 2.24) is 4.72 Å². The van der Waals surface area contributed by atoms with Crippen LogP contribution in [0.25, 0.3) is 0 Å². The first-order chi connectivity index (χ1) is 11.0. The lowest BCUT2D eigenvalue weighted by Gasteiger charge is -2.10. The van der Waals surface area contributed by atoms with Crippen LogP contribution in [-0.4, -0.2) is 20.9 Å². The molecule has 1 aromatic rings. The third-order valence-corrected chi connectivity index (χ3v) is 4.92. The summed E-state index contributed by atoms with van der Waals surface area (Å²) < 4.78 is 26.0. The van der Waals surface area contributed by atoms with Crippen LogP contribution in [0.4, 0.5) is 5.69 Å². The smallest absolute Gasteiger partial charge is 0.224 e. The lowest BCUT2D eigenvalue weighted by atomic mass is 10.1. The average molecular weight is 334 g/mol. The van der Waals surface area contributed by atoms with E-state index in [4.69, 9.17) is 0 Å². The van der Waals surface area contributed by atoms with Gasteiger partial charge in [0.15, 0.2) is 0 Å². The second kappa shape index (κ2) is 8.08. The molecule has 0 fully saturated rings. The standard InChI is InChI=1S/C17H22N2O3S/c1-2-11-18-23(21,22)13-15-7-9-16(10-8-15)19-17(20)12-14-5-3-4-6-14/h2-3,5,7-10,14,18H,1,4,6,11-13H2,(H,19,20)/t14-/m1/s1. The van der Waals surface area contributed by atoms with Crippen molar-refractivity contribution in [3.63, 3.8) is 0 Å². The Morgan fingerprint density at radius 3 is 2.65 bits per heavy atom. The number of hydrogen-bond donors (Lipinski definition) is 2. The van der Waals surface area contributed by atoms with Crippen molar-refractivity contribution in [2.75, 3.05) is 11.9 Å². The number of anilines is 1. The van der Waals surface area contributed by atoms with E-state index in [9.17, 15) is 13.2 Å². The number of carbonyl (C=O) groups is 1. The van der Waals surface area contributed by atoms with Gasteiger partial charge in [-0.1, -0.05) is 30.4 Å². The van der Waals surface area contributed by atoms with Gasteiger partial charge in [-0.05, 0) is 36.5 Å². The normalized spacial score (nSPS) is 17.1. The molecule has 0 unspecified atom stereocenters. The number of amides is 1. The van der Waals surface area contributed by atoms with E-state index < -0.39 is 10.0 Å². The molecule has 5 nitrogen and oxygen atoms in total. The van der Waals surface area contributed by atoms with Gasteiger partial charge in [-0.15, -0.1) is 6.58 Å². The molecule has 0 aliphatic heterocycles. The Hall–Kier alpha value is -1.92. The fourth-order valence-electron chi connectivity index (χ4n) is 2.46. The molecule has 2 N–H and O–H groups in total. The van der Waals surface area contributed by atoms with Crippen molar-refractivity contribution in [2.24, 2.45) is 5.92 Å². The largest absolute Gasteiger partial charge is 0.326 e. The zero-order chi connectivity index (χ0) is 16.7. The summed E-state index contributed by atoms with van der Waals surface area (Å²) in [5.41, 5.74) is 1.34. The van der Waals surface area contributed by atoms with Gasteiger partial charge in [0.25, 0.3) is 0 Å². The molecule has 23 heavy (non-hydrogen) atoms. The molecule has 1 amide bonds. The number of hydrogen-bond acceptors (Lipinski definition) is 3. The molecule has 124 valence electrons. The first-order valence-corrected chi connectivity index (χ1v) is 9.27. The Labute approximate surface area is 137 Å². The monoisotopic (exact) mass is 334 g/mol. The van der Waals surface area contributed by atoms with E-state index in [0.29, 0.717) is 23.6 Å². The van der Waals surface area contributed by atoms with Gasteiger partial charge in [0, 0.05) is 18.7 Å². The third kappa shape index (κ3) is 6.00. The Morgan fingerprint density at radius 2 is 2.04 bits per heavy atom. The fraction of sp³-hybridized carbons (Fsp3) is 0.353. The molecule has 0 spiro atoms. The van der Waals surface area contributed by atoms with Gasteiger partial charge < -0.3 is 5.32 Å². The van der Waals surface area contributed by atoms with Crippen molar-refractivity contribution in [3.8, 4) is 0 Å². The van der Waals surface area contributed by atoms with Crippen LogP contribution in [-0.2, 0) is 20.6 Å². The lowest BCUT2D eigenvalue weighted by molar-refractivity contribution is -0.116. The van der Waals surface area contributed by atoms with Crippen LogP contribution in [0.15, 0.2) is 49.1 Å². The van der Waals surface area contributed by atoms with E-state index in [1.165, 1.54) is 6.08 Å². The zero-order valence-corrected chi connectivity index (χ0v) is 13.8. The van der Waals surface area contributed by atoms with Crippen LogP contribution in [0.1, 0.15) is 24.8 Å². The van der Waals surface area contributed by atoms with Crippen molar-refractivity contribution in [1.29, 1.82) is 0 Å². The Balaban J connectivity index is 1.87. The van der Waals surface area contributed by atoms with Crippen molar-refractivity contribution < 1.29 is 13.2 Å². The first-order valence-electron chi connectivity index (χ1n) is 7.62. The molecule has 0 bridgehead atoms. The molecule has 0 radical (unpaired) electrons. The zero-order valence-electron chi connectivity index (χ0n) is 13.0. The number of sulfonamides is 1. The molecule has 6 heteroatoms. The lowest BCUT2D eigenvalue weighted by Crippen LogP contribution is -2.25. The summed E-state index contributed by atoms with van der Waals surface area (Å²) in [6.45, 7) is 3.69. The Bertz CT molecular complexity index is 678. The molecular formula is C17H22N2O3S. The maximum Gasteiger partial charge on any atom is 0.224 e. The summed E-state index contributed by atoms with van der Waals surface area (Å²) >= 11 is 0. The fourth-order valence-corrected chi connectivity index (χ4v) is 3.56. The van der Waals surface area contributed by atoms with Crippen LogP contribution in [0.2, 0.25) is 0 Å². The summed E-state index contributed by atoms with van der Waals surface area (Å²) in [4.78, 5) is 11.9. The summed E-state index contributed by atoms with van der Waals surface area (Å²) in [6, 6.07) is 6.86. The van der Waals surface area contributed by atoms with E-state index in [1.807, 2.05) is 0 Å². The molecule has 1 aromatic carbocycles. The van der Waals surface area contributed by atoms with Crippen molar-refractivity contribution in [2.45, 2.75) is 25.0 Å². The number of allylic oxidation sites excluding steroid dienone is 2. The van der Waals surface area contributed by atoms with Crippen LogP contribution in [0.3, 0.4) is 0 Å². The van der Waals surface area contributed by atoms with E-state index in [-0.39, 0.29) is 18.2 Å². The van der Waals surface area contributed by atoms with Crippen LogP contribution >= 0.6 is 0 Å². The minimum absolute atomic E-state index is 0.0189. The molecule has 0 saturated carbocycles. The number of nitrogens with one attached hydrogen (secondary N) is 2. The van der Waals surface area contributed by atoms with Gasteiger partial charge >= 0.3 is 0 Å². The SMILES string of the molecule is C=CCNS(=O)(=O)Cc1ccc(NC(=O)C[C@@H]2C=CCC2)cc1. The van der Waals surface area contributed by atoms with Gasteiger partial charge in [-0.2, -0.15) is 0 Å². The molecule has 1 atom stereocenters. The van der Waals surface area contributed by atoms with Crippen LogP contribution in [0.5, 0.6) is 0 Å². The summed E-state index contributed by atoms with van der Waals surface area (Å²) in [6.07, 6.45) is 8.24. The van der Waals surface area contributed by atoms with Gasteiger partial charge in [0.05, 0.1) is 5.75 Å². The summed E-state index contributed by atoms with van der Waals surface area (Å²) in [5.74, 6) is 0.215. The van der Waals surface area contributed by atoms with Gasteiger partial charge in [-0.25, -0.2) is 13.1 Å². The van der Waals surface area contributed by atoms with E-state index in [0.717, 1.165) is 12.8 Å². The van der Waals surface area contributed by atoms with E-state index >= 15 is 0 Å². The van der Waals surface area contributed by atoms with Gasteiger partial charge in [-0.3, -0.25) is 4.79 Å². The van der Waals surface area contributed by atoms with Crippen LogP contribution < -0.4 is 10.0 Å². The molecule has 1 aliphatic carbocycles. The second-order valence-corrected chi connectivity index (χ2v) is 7.42. The molecule has 2 rings (SSSR count). The maximum absolute atomic E-state index is 11.9. The van der Waals surface area contributed by atoms with Gasteiger partial charge in [0.1, 0.15) is 0 Å². The molecule has 1 aliphatic rings. The Kier molecular flexibility index (Phi) is 6.12. The molecular weight excluding hydrogens is 312 g/mol. The van der Waals surface area contributed by atoms with Crippen molar-refractivity contribution >= 4 is 21.6 Å². The quantitative estimate of drug-likeness (QED) is 0.718. The topological polar surface area (TPSA) is 75.3 Å². The minimum atomic E-state index is -3.36. The number of benzene rings is 1. The Morgan fingerprint density at radius 1 is 1.30 bits per heavy atom. The average Bonchev–Trinajstić information content (AvgIpc) is 3.00. The highest BCUT2D eigenvalue weighted by Gasteiger charge is 2.14. The highest BCUT2D eigenvalue weighted by molar-refractivity contribution is 7.88. The number of carbonyl (C=O) groups excluding carboxylic acids is 1. The van der Waals surface area contributed by atoms with E-state index in [1.54, 1.807) is 24.3 Å². The predicted molar refractivity (Wildman–Crippen MR) is 92.4 cm³/mol.